The Labute approximate surface area is 102 Å². The van der Waals surface area contributed by atoms with Crippen LogP contribution < -0.4 is 0 Å². The van der Waals surface area contributed by atoms with Crippen LogP contribution in [-0.2, 0) is 23.5 Å². The molecule has 0 amide bonds. The van der Waals surface area contributed by atoms with Gasteiger partial charge in [0, 0.05) is 0 Å². The minimum atomic E-state index is -2.12. The molecule has 0 fully saturated rings. The zero-order valence-corrected chi connectivity index (χ0v) is 13.7. The molecule has 1 nitrogen and oxygen atoms in total. The van der Waals surface area contributed by atoms with Gasteiger partial charge in [0.1, 0.15) is 0 Å². The molecule has 2 heteroatoms. The number of unbranched alkanes of at least 4 members (excludes halogenated alkanes) is 3. The summed E-state index contributed by atoms with van der Waals surface area (Å²) in [4.78, 5) is 0. The van der Waals surface area contributed by atoms with Crippen LogP contribution in [0.5, 0.6) is 0 Å². The summed E-state index contributed by atoms with van der Waals surface area (Å²) in [6.07, 6.45) is 8.20. The summed E-state index contributed by atoms with van der Waals surface area (Å²) < 4.78 is 10.4. The molecule has 0 saturated carbocycles. The van der Waals surface area contributed by atoms with Crippen LogP contribution in [0.25, 0.3) is 0 Å². The van der Waals surface area contributed by atoms with E-state index in [1.54, 1.807) is 0 Å². The fourth-order valence-corrected chi connectivity index (χ4v) is 12.9. The third kappa shape index (κ3) is 6.90. The van der Waals surface area contributed by atoms with Crippen LogP contribution in [0.3, 0.4) is 0 Å². The molecule has 0 radical (unpaired) electrons. The van der Waals surface area contributed by atoms with Gasteiger partial charge in [0.15, 0.2) is 0 Å². The Balaban J connectivity index is 4.16. The molecule has 92 valence electrons. The first-order valence-electron chi connectivity index (χ1n) is 6.79. The fourth-order valence-electron chi connectivity index (χ4n) is 2.18. The van der Waals surface area contributed by atoms with Gasteiger partial charge in [0.05, 0.1) is 0 Å². The molecule has 0 aromatic rings. The topological polar surface area (TPSA) is 9.23 Å². The van der Waals surface area contributed by atoms with Gasteiger partial charge < -0.3 is 0 Å². The molecule has 0 saturated heterocycles. The molecule has 0 spiro atoms. The molecule has 0 unspecified atom stereocenters. The van der Waals surface area contributed by atoms with Crippen molar-refractivity contribution in [3.8, 4) is 0 Å². The average Bonchev–Trinajstić information content (AvgIpc) is 2.29. The Morgan fingerprint density at radius 3 is 1.27 bits per heavy atom. The standard InChI is InChI=1S/3C4H9.CH3O.Zr/c3*1-3-4-2;1-2;/h3*1,3-4H2,2H3;1H3;/q;;;-1;+1. The van der Waals surface area contributed by atoms with Crippen molar-refractivity contribution in [2.45, 2.75) is 71.7 Å². The number of rotatable bonds is 10. The van der Waals surface area contributed by atoms with Gasteiger partial charge in [-0.2, -0.15) is 0 Å². The van der Waals surface area contributed by atoms with E-state index in [2.05, 4.69) is 20.8 Å². The summed E-state index contributed by atoms with van der Waals surface area (Å²) in [5.41, 5.74) is 0. The molecule has 0 aliphatic carbocycles. The Morgan fingerprint density at radius 2 is 1.07 bits per heavy atom. The predicted molar refractivity (Wildman–Crippen MR) is 66.2 cm³/mol. The monoisotopic (exact) mass is 292 g/mol. The van der Waals surface area contributed by atoms with Crippen molar-refractivity contribution in [1.29, 1.82) is 0 Å². The first-order chi connectivity index (χ1) is 7.24. The first-order valence-corrected chi connectivity index (χ1v) is 13.0. The second-order valence-electron chi connectivity index (χ2n) is 4.70. The molecule has 15 heavy (non-hydrogen) atoms. The van der Waals surface area contributed by atoms with Crippen molar-refractivity contribution >= 4 is 0 Å². The Kier molecular flexibility index (Phi) is 10.6. The molecule has 0 aliphatic rings. The Morgan fingerprint density at radius 1 is 0.733 bits per heavy atom. The number of hydrogen-bond donors (Lipinski definition) is 0. The second kappa shape index (κ2) is 10.0. The molecule has 0 aromatic heterocycles. The van der Waals surface area contributed by atoms with Crippen molar-refractivity contribution in [2.24, 2.45) is 0 Å². The van der Waals surface area contributed by atoms with Gasteiger partial charge in [0.2, 0.25) is 0 Å². The zero-order valence-electron chi connectivity index (χ0n) is 11.3. The van der Waals surface area contributed by atoms with Gasteiger partial charge in [-0.25, -0.2) is 0 Å². The second-order valence-corrected chi connectivity index (χ2v) is 15.2. The van der Waals surface area contributed by atoms with Gasteiger partial charge in [-0.1, -0.05) is 0 Å². The molecule has 0 bridgehead atoms. The van der Waals surface area contributed by atoms with E-state index in [0.717, 1.165) is 0 Å². The van der Waals surface area contributed by atoms with Crippen LogP contribution in [0.4, 0.5) is 0 Å². The molecule has 0 heterocycles. The molecule has 0 N–H and O–H groups in total. The van der Waals surface area contributed by atoms with Gasteiger partial charge in [-0.3, -0.25) is 0 Å². The normalized spacial score (nSPS) is 12.0. The summed E-state index contributed by atoms with van der Waals surface area (Å²) in [7, 11) is 2.00. The van der Waals surface area contributed by atoms with Crippen LogP contribution in [0.2, 0.25) is 12.4 Å². The van der Waals surface area contributed by atoms with Crippen molar-refractivity contribution in [3.63, 3.8) is 0 Å². The van der Waals surface area contributed by atoms with E-state index in [0.29, 0.717) is 0 Å². The van der Waals surface area contributed by atoms with Crippen LogP contribution >= 0.6 is 0 Å². The summed E-state index contributed by atoms with van der Waals surface area (Å²) in [5.74, 6) is 0. The first kappa shape index (κ1) is 15.8. The van der Waals surface area contributed by atoms with Gasteiger partial charge in [-0.05, 0) is 0 Å². The van der Waals surface area contributed by atoms with Gasteiger partial charge in [0.25, 0.3) is 0 Å². The summed E-state index contributed by atoms with van der Waals surface area (Å²) in [6.45, 7) is 6.89. The van der Waals surface area contributed by atoms with E-state index in [9.17, 15) is 0 Å². The number of hydrogen-bond acceptors (Lipinski definition) is 1. The summed E-state index contributed by atoms with van der Waals surface area (Å²) in [6, 6.07) is 0. The Hall–Kier alpha value is 0.843. The van der Waals surface area contributed by atoms with E-state index >= 15 is 0 Å². The molecule has 0 rings (SSSR count). The van der Waals surface area contributed by atoms with E-state index in [1.165, 1.54) is 50.9 Å². The summed E-state index contributed by atoms with van der Waals surface area (Å²) >= 11 is -2.12. The van der Waals surface area contributed by atoms with E-state index in [-0.39, 0.29) is 0 Å². The Bertz CT molecular complexity index is 115. The molecular formula is C13H30OZr. The van der Waals surface area contributed by atoms with Crippen LogP contribution in [0.15, 0.2) is 0 Å². The summed E-state index contributed by atoms with van der Waals surface area (Å²) in [5, 5.41) is 0. The SMILES string of the molecule is CCC[CH2][Zr]([CH2]CCC)([CH2]CCC)[O]C. The van der Waals surface area contributed by atoms with E-state index in [1.807, 2.05) is 7.11 Å². The third-order valence-corrected chi connectivity index (χ3v) is 14.8. The zero-order chi connectivity index (χ0) is 11.6. The molecule has 0 atom stereocenters. The van der Waals surface area contributed by atoms with Crippen molar-refractivity contribution in [2.75, 3.05) is 7.11 Å². The quantitative estimate of drug-likeness (QED) is 0.527. The fraction of sp³-hybridized carbons (Fsp3) is 1.00. The maximum absolute atomic E-state index is 6.05. The maximum atomic E-state index is 6.05. The predicted octanol–water partition coefficient (Wildman–Crippen LogP) is 5.36. The average molecular weight is 294 g/mol. The minimum absolute atomic E-state index is 1.33. The van der Waals surface area contributed by atoms with Crippen LogP contribution in [0, 0.1) is 0 Å². The molecule has 0 aliphatic heterocycles. The van der Waals surface area contributed by atoms with Gasteiger partial charge in [-0.15, -0.1) is 0 Å². The van der Waals surface area contributed by atoms with E-state index in [4.69, 9.17) is 2.81 Å². The third-order valence-electron chi connectivity index (χ3n) is 3.39. The van der Waals surface area contributed by atoms with Crippen molar-refractivity contribution in [1.82, 2.24) is 0 Å². The van der Waals surface area contributed by atoms with Crippen LogP contribution in [0.1, 0.15) is 59.3 Å². The molecule has 0 aromatic carbocycles. The van der Waals surface area contributed by atoms with Crippen LogP contribution in [-0.4, -0.2) is 7.11 Å². The van der Waals surface area contributed by atoms with Crippen molar-refractivity contribution in [3.05, 3.63) is 0 Å². The molecular weight excluding hydrogens is 263 g/mol. The van der Waals surface area contributed by atoms with Gasteiger partial charge >= 0.3 is 102 Å². The van der Waals surface area contributed by atoms with E-state index < -0.39 is 20.7 Å². The van der Waals surface area contributed by atoms with Crippen molar-refractivity contribution < 1.29 is 23.5 Å².